The summed E-state index contributed by atoms with van der Waals surface area (Å²) in [5.74, 6) is 0.731. The van der Waals surface area contributed by atoms with Crippen LogP contribution in [0.2, 0.25) is 0 Å². The second kappa shape index (κ2) is 7.46. The first-order valence-electron chi connectivity index (χ1n) is 6.57. The molecule has 2 nitrogen and oxygen atoms in total. The van der Waals surface area contributed by atoms with Crippen molar-refractivity contribution < 1.29 is 0 Å². The van der Waals surface area contributed by atoms with Crippen LogP contribution in [0.5, 0.6) is 0 Å². The molecule has 0 spiro atoms. The number of hydrogen-bond donors (Lipinski definition) is 2. The fourth-order valence-corrected chi connectivity index (χ4v) is 1.79. The Morgan fingerprint density at radius 1 is 1.06 bits per heavy atom. The third kappa shape index (κ3) is 5.33. The molecule has 1 aromatic carbocycles. The van der Waals surface area contributed by atoms with E-state index >= 15 is 0 Å². The molecule has 0 heterocycles. The molecule has 0 atom stereocenters. The highest BCUT2D eigenvalue weighted by molar-refractivity contribution is 5.32. The molecule has 1 rings (SSSR count). The zero-order valence-corrected chi connectivity index (χ0v) is 11.6. The topological polar surface area (TPSA) is 24.1 Å². The molecular weight excluding hydrogens is 208 g/mol. The van der Waals surface area contributed by atoms with Gasteiger partial charge in [0.25, 0.3) is 0 Å². The Hall–Kier alpha value is -0.860. The van der Waals surface area contributed by atoms with Gasteiger partial charge in [0.15, 0.2) is 0 Å². The normalized spacial score (nSPS) is 11.1. The highest BCUT2D eigenvalue weighted by Crippen LogP contribution is 2.11. The second-order valence-electron chi connectivity index (χ2n) is 5.13. The molecular formula is C15H26N2. The molecule has 0 bridgehead atoms. The molecule has 2 heteroatoms. The maximum atomic E-state index is 3.48. The van der Waals surface area contributed by atoms with Crippen molar-refractivity contribution in [3.05, 3.63) is 34.9 Å². The lowest BCUT2D eigenvalue weighted by atomic mass is 10.0. The Morgan fingerprint density at radius 3 is 2.47 bits per heavy atom. The van der Waals surface area contributed by atoms with E-state index in [9.17, 15) is 0 Å². The fraction of sp³-hybridized carbons (Fsp3) is 0.600. The molecule has 1 aromatic rings. The first kappa shape index (κ1) is 14.2. The van der Waals surface area contributed by atoms with Gasteiger partial charge in [0.05, 0.1) is 0 Å². The average molecular weight is 234 g/mol. The number of rotatable bonds is 7. The Bertz CT molecular complexity index is 332. The van der Waals surface area contributed by atoms with Crippen molar-refractivity contribution in [2.75, 3.05) is 19.6 Å². The highest BCUT2D eigenvalue weighted by atomic mass is 14.9. The van der Waals surface area contributed by atoms with Crippen LogP contribution in [0, 0.1) is 19.8 Å². The van der Waals surface area contributed by atoms with Crippen molar-refractivity contribution >= 4 is 0 Å². The van der Waals surface area contributed by atoms with Gasteiger partial charge in [-0.25, -0.2) is 0 Å². The van der Waals surface area contributed by atoms with Crippen LogP contribution in [0.4, 0.5) is 0 Å². The van der Waals surface area contributed by atoms with Crippen LogP contribution in [0.15, 0.2) is 18.2 Å². The van der Waals surface area contributed by atoms with Crippen molar-refractivity contribution in [2.24, 2.45) is 5.92 Å². The molecule has 96 valence electrons. The van der Waals surface area contributed by atoms with Crippen molar-refractivity contribution in [2.45, 2.75) is 34.2 Å². The van der Waals surface area contributed by atoms with Crippen LogP contribution in [-0.4, -0.2) is 19.6 Å². The van der Waals surface area contributed by atoms with Crippen molar-refractivity contribution in [1.82, 2.24) is 10.6 Å². The van der Waals surface area contributed by atoms with E-state index in [1.165, 1.54) is 16.7 Å². The molecule has 0 radical (unpaired) electrons. The zero-order valence-electron chi connectivity index (χ0n) is 11.6. The smallest absolute Gasteiger partial charge is 0.0208 e. The summed E-state index contributed by atoms with van der Waals surface area (Å²) in [7, 11) is 0. The van der Waals surface area contributed by atoms with Gasteiger partial charge in [-0.3, -0.25) is 0 Å². The standard InChI is InChI=1S/C15H26N2/c1-12(2)10-16-8-9-17-11-15-7-5-6-13(3)14(15)4/h5-7,12,16-17H,8-11H2,1-4H3. The lowest BCUT2D eigenvalue weighted by Crippen LogP contribution is -2.29. The third-order valence-corrected chi connectivity index (χ3v) is 3.06. The van der Waals surface area contributed by atoms with Gasteiger partial charge >= 0.3 is 0 Å². The van der Waals surface area contributed by atoms with Gasteiger partial charge in [0.1, 0.15) is 0 Å². The molecule has 0 aliphatic carbocycles. The van der Waals surface area contributed by atoms with Gasteiger partial charge in [-0.15, -0.1) is 0 Å². The van der Waals surface area contributed by atoms with E-state index in [0.717, 1.165) is 32.1 Å². The van der Waals surface area contributed by atoms with Gasteiger partial charge in [-0.05, 0) is 43.0 Å². The second-order valence-corrected chi connectivity index (χ2v) is 5.13. The first-order valence-corrected chi connectivity index (χ1v) is 6.57. The quantitative estimate of drug-likeness (QED) is 0.709. The van der Waals surface area contributed by atoms with Crippen LogP contribution in [0.25, 0.3) is 0 Å². The average Bonchev–Trinajstić information content (AvgIpc) is 2.28. The summed E-state index contributed by atoms with van der Waals surface area (Å²) in [6.45, 7) is 13.0. The van der Waals surface area contributed by atoms with Crippen molar-refractivity contribution in [1.29, 1.82) is 0 Å². The molecule has 2 N–H and O–H groups in total. The fourth-order valence-electron chi connectivity index (χ4n) is 1.79. The van der Waals surface area contributed by atoms with E-state index in [-0.39, 0.29) is 0 Å². The molecule has 0 saturated carbocycles. The summed E-state index contributed by atoms with van der Waals surface area (Å²) in [6, 6.07) is 6.51. The van der Waals surface area contributed by atoms with Crippen LogP contribution < -0.4 is 10.6 Å². The maximum Gasteiger partial charge on any atom is 0.0208 e. The van der Waals surface area contributed by atoms with Gasteiger partial charge in [-0.1, -0.05) is 32.0 Å². The third-order valence-electron chi connectivity index (χ3n) is 3.06. The Morgan fingerprint density at radius 2 is 1.76 bits per heavy atom. The van der Waals surface area contributed by atoms with Gasteiger partial charge < -0.3 is 10.6 Å². The van der Waals surface area contributed by atoms with Gasteiger partial charge in [-0.2, -0.15) is 0 Å². The monoisotopic (exact) mass is 234 g/mol. The SMILES string of the molecule is Cc1cccc(CNCCNCC(C)C)c1C. The number of nitrogens with one attached hydrogen (secondary N) is 2. The van der Waals surface area contributed by atoms with Crippen molar-refractivity contribution in [3.8, 4) is 0 Å². The minimum atomic E-state index is 0.731. The summed E-state index contributed by atoms with van der Waals surface area (Å²) >= 11 is 0. The van der Waals surface area contributed by atoms with Gasteiger partial charge in [0.2, 0.25) is 0 Å². The molecule has 17 heavy (non-hydrogen) atoms. The minimum Gasteiger partial charge on any atom is -0.315 e. The minimum absolute atomic E-state index is 0.731. The summed E-state index contributed by atoms with van der Waals surface area (Å²) < 4.78 is 0. The highest BCUT2D eigenvalue weighted by Gasteiger charge is 1.99. The van der Waals surface area contributed by atoms with E-state index in [4.69, 9.17) is 0 Å². The molecule has 0 unspecified atom stereocenters. The van der Waals surface area contributed by atoms with E-state index in [2.05, 4.69) is 56.5 Å². The molecule has 0 aliphatic rings. The van der Waals surface area contributed by atoms with Crippen LogP contribution >= 0.6 is 0 Å². The summed E-state index contributed by atoms with van der Waals surface area (Å²) in [6.07, 6.45) is 0. The van der Waals surface area contributed by atoms with E-state index in [1.54, 1.807) is 0 Å². The van der Waals surface area contributed by atoms with Crippen molar-refractivity contribution in [3.63, 3.8) is 0 Å². The summed E-state index contributed by atoms with van der Waals surface area (Å²) in [4.78, 5) is 0. The van der Waals surface area contributed by atoms with E-state index in [0.29, 0.717) is 0 Å². The molecule has 0 fully saturated rings. The number of hydrogen-bond acceptors (Lipinski definition) is 2. The molecule has 0 amide bonds. The predicted molar refractivity (Wildman–Crippen MR) is 75.3 cm³/mol. The lowest BCUT2D eigenvalue weighted by molar-refractivity contribution is 0.535. The largest absolute Gasteiger partial charge is 0.315 e. The van der Waals surface area contributed by atoms with E-state index < -0.39 is 0 Å². The predicted octanol–water partition coefficient (Wildman–Crippen LogP) is 2.64. The summed E-state index contributed by atoms with van der Waals surface area (Å²) in [5.41, 5.74) is 4.20. The Kier molecular flexibility index (Phi) is 6.23. The molecule has 0 aliphatic heterocycles. The Balaban J connectivity index is 2.20. The molecule has 0 aromatic heterocycles. The lowest BCUT2D eigenvalue weighted by Gasteiger charge is -2.11. The van der Waals surface area contributed by atoms with Crippen LogP contribution in [-0.2, 0) is 6.54 Å². The first-order chi connectivity index (χ1) is 8.11. The Labute approximate surface area is 106 Å². The maximum absolute atomic E-state index is 3.48. The zero-order chi connectivity index (χ0) is 12.7. The van der Waals surface area contributed by atoms with Crippen LogP contribution in [0.1, 0.15) is 30.5 Å². The molecule has 0 saturated heterocycles. The number of aryl methyl sites for hydroxylation is 1. The van der Waals surface area contributed by atoms with Crippen LogP contribution in [0.3, 0.4) is 0 Å². The van der Waals surface area contributed by atoms with E-state index in [1.807, 2.05) is 0 Å². The number of benzene rings is 1. The summed E-state index contributed by atoms with van der Waals surface area (Å²) in [5, 5.41) is 6.92. The van der Waals surface area contributed by atoms with Gasteiger partial charge in [0, 0.05) is 19.6 Å².